The van der Waals surface area contributed by atoms with Crippen LogP contribution in [0.2, 0.25) is 0 Å². The van der Waals surface area contributed by atoms with E-state index in [1.165, 1.54) is 25.0 Å². The van der Waals surface area contributed by atoms with Crippen molar-refractivity contribution in [2.45, 2.75) is 31.8 Å². The molecule has 0 N–H and O–H groups in total. The largest absolute Gasteiger partial charge is 0.489 e. The summed E-state index contributed by atoms with van der Waals surface area (Å²) in [6.45, 7) is 0. The first-order valence-corrected chi connectivity index (χ1v) is 6.34. The number of benzene rings is 1. The van der Waals surface area contributed by atoms with E-state index in [-0.39, 0.29) is 17.8 Å². The van der Waals surface area contributed by atoms with Crippen molar-refractivity contribution in [2.75, 3.05) is 5.88 Å². The van der Waals surface area contributed by atoms with E-state index in [0.29, 0.717) is 11.3 Å². The summed E-state index contributed by atoms with van der Waals surface area (Å²) in [7, 11) is 0. The maximum Gasteiger partial charge on any atom is 0.138 e. The molecule has 1 aromatic carbocycles. The molecule has 1 aliphatic carbocycles. The molecule has 0 heterocycles. The molecule has 1 aromatic rings. The van der Waals surface area contributed by atoms with Crippen LogP contribution in [0, 0.1) is 17.7 Å². The van der Waals surface area contributed by atoms with Crippen molar-refractivity contribution in [1.82, 2.24) is 0 Å². The maximum atomic E-state index is 13.2. The first-order valence-electron chi connectivity index (χ1n) is 5.80. The van der Waals surface area contributed by atoms with Gasteiger partial charge >= 0.3 is 0 Å². The molecule has 0 radical (unpaired) electrons. The van der Waals surface area contributed by atoms with E-state index in [1.807, 2.05) is 0 Å². The molecule has 3 heteroatoms. The maximum absolute atomic E-state index is 13.2. The van der Waals surface area contributed by atoms with Crippen LogP contribution in [0.5, 0.6) is 5.75 Å². The topological polar surface area (TPSA) is 9.23 Å². The highest BCUT2D eigenvalue weighted by Gasteiger charge is 2.17. The second kappa shape index (κ2) is 5.93. The Bertz CT molecular complexity index is 441. The lowest BCUT2D eigenvalue weighted by Crippen LogP contribution is -2.11. The van der Waals surface area contributed by atoms with Crippen LogP contribution in [-0.4, -0.2) is 12.0 Å². The molecular formula is C14H14ClFO. The molecule has 0 amide bonds. The fourth-order valence-electron chi connectivity index (χ4n) is 2.01. The average Bonchev–Trinajstić information content (AvgIpc) is 2.81. The van der Waals surface area contributed by atoms with Crippen molar-refractivity contribution >= 4 is 11.6 Å². The minimum absolute atomic E-state index is 0.202. The fourth-order valence-corrected chi connectivity index (χ4v) is 2.08. The van der Waals surface area contributed by atoms with Crippen molar-refractivity contribution in [3.05, 3.63) is 29.6 Å². The molecule has 0 bridgehead atoms. The molecular weight excluding hydrogens is 239 g/mol. The second-order valence-electron chi connectivity index (χ2n) is 4.10. The monoisotopic (exact) mass is 252 g/mol. The predicted octanol–water partition coefficient (Wildman–Crippen LogP) is 3.74. The first kappa shape index (κ1) is 12.3. The van der Waals surface area contributed by atoms with Crippen LogP contribution in [0.15, 0.2) is 18.2 Å². The van der Waals surface area contributed by atoms with Gasteiger partial charge < -0.3 is 4.74 Å². The Morgan fingerprint density at radius 2 is 2.12 bits per heavy atom. The Balaban J connectivity index is 2.19. The molecule has 0 atom stereocenters. The van der Waals surface area contributed by atoms with E-state index in [9.17, 15) is 4.39 Å². The van der Waals surface area contributed by atoms with Gasteiger partial charge in [0.25, 0.3) is 0 Å². The van der Waals surface area contributed by atoms with Gasteiger partial charge in [0.2, 0.25) is 0 Å². The zero-order valence-electron chi connectivity index (χ0n) is 9.51. The van der Waals surface area contributed by atoms with Gasteiger partial charge in [-0.3, -0.25) is 0 Å². The number of rotatable bonds is 2. The van der Waals surface area contributed by atoms with E-state index in [0.717, 1.165) is 12.8 Å². The molecule has 90 valence electrons. The van der Waals surface area contributed by atoms with E-state index in [1.54, 1.807) is 6.07 Å². The van der Waals surface area contributed by atoms with Crippen LogP contribution in [0.1, 0.15) is 31.2 Å². The van der Waals surface area contributed by atoms with Gasteiger partial charge in [0.1, 0.15) is 11.6 Å². The van der Waals surface area contributed by atoms with Crippen molar-refractivity contribution < 1.29 is 9.13 Å². The van der Waals surface area contributed by atoms with E-state index >= 15 is 0 Å². The minimum atomic E-state index is -0.297. The average molecular weight is 253 g/mol. The SMILES string of the molecule is Fc1ccc(C#CCCl)c(OC2CCCC2)c1. The fraction of sp³-hybridized carbons (Fsp3) is 0.429. The van der Waals surface area contributed by atoms with Crippen LogP contribution in [0.3, 0.4) is 0 Å². The first-order chi connectivity index (χ1) is 8.29. The molecule has 17 heavy (non-hydrogen) atoms. The number of alkyl halides is 1. The van der Waals surface area contributed by atoms with Crippen LogP contribution in [0.25, 0.3) is 0 Å². The number of hydrogen-bond acceptors (Lipinski definition) is 1. The van der Waals surface area contributed by atoms with Gasteiger partial charge in [-0.05, 0) is 37.8 Å². The molecule has 1 saturated carbocycles. The van der Waals surface area contributed by atoms with Crippen LogP contribution >= 0.6 is 11.6 Å². The number of ether oxygens (including phenoxy) is 1. The van der Waals surface area contributed by atoms with E-state index < -0.39 is 0 Å². The lowest BCUT2D eigenvalue weighted by Gasteiger charge is -2.14. The second-order valence-corrected chi connectivity index (χ2v) is 4.37. The summed E-state index contributed by atoms with van der Waals surface area (Å²) in [5.41, 5.74) is 0.707. The van der Waals surface area contributed by atoms with Gasteiger partial charge in [-0.1, -0.05) is 11.8 Å². The van der Waals surface area contributed by atoms with Crippen molar-refractivity contribution in [3.8, 4) is 17.6 Å². The van der Waals surface area contributed by atoms with Gasteiger partial charge in [-0.2, -0.15) is 0 Å². The standard InChI is InChI=1S/C14H14ClFO/c15-9-3-4-11-7-8-12(16)10-14(11)17-13-5-1-2-6-13/h7-8,10,13H,1-2,5-6,9H2. The summed E-state index contributed by atoms with van der Waals surface area (Å²) >= 11 is 5.52. The van der Waals surface area contributed by atoms with Gasteiger partial charge in [0.15, 0.2) is 0 Å². The minimum Gasteiger partial charge on any atom is -0.489 e. The summed E-state index contributed by atoms with van der Waals surface area (Å²) < 4.78 is 19.0. The third kappa shape index (κ3) is 3.38. The zero-order valence-corrected chi connectivity index (χ0v) is 10.3. The summed E-state index contributed by atoms with van der Waals surface area (Å²) in [5, 5.41) is 0. The lowest BCUT2D eigenvalue weighted by molar-refractivity contribution is 0.208. The van der Waals surface area contributed by atoms with Crippen molar-refractivity contribution in [3.63, 3.8) is 0 Å². The summed E-state index contributed by atoms with van der Waals surface area (Å²) in [6, 6.07) is 4.43. The zero-order chi connectivity index (χ0) is 12.1. The lowest BCUT2D eigenvalue weighted by atomic mass is 10.2. The van der Waals surface area contributed by atoms with E-state index in [2.05, 4.69) is 11.8 Å². The molecule has 1 fully saturated rings. The Morgan fingerprint density at radius 3 is 2.82 bits per heavy atom. The summed E-state index contributed by atoms with van der Waals surface area (Å²) in [6.07, 6.45) is 4.65. The summed E-state index contributed by atoms with van der Waals surface area (Å²) in [5.74, 6) is 6.16. The smallest absolute Gasteiger partial charge is 0.138 e. The van der Waals surface area contributed by atoms with Gasteiger partial charge in [-0.25, -0.2) is 4.39 Å². The highest BCUT2D eigenvalue weighted by Crippen LogP contribution is 2.27. The molecule has 0 unspecified atom stereocenters. The molecule has 0 saturated heterocycles. The van der Waals surface area contributed by atoms with E-state index in [4.69, 9.17) is 16.3 Å². The van der Waals surface area contributed by atoms with Crippen molar-refractivity contribution in [1.29, 1.82) is 0 Å². The Kier molecular flexibility index (Phi) is 4.28. The highest BCUT2D eigenvalue weighted by molar-refractivity contribution is 6.19. The third-order valence-electron chi connectivity index (χ3n) is 2.83. The van der Waals surface area contributed by atoms with Crippen LogP contribution in [-0.2, 0) is 0 Å². The van der Waals surface area contributed by atoms with Gasteiger partial charge in [0, 0.05) is 6.07 Å². The molecule has 0 aromatic heterocycles. The third-order valence-corrected chi connectivity index (χ3v) is 2.96. The van der Waals surface area contributed by atoms with Gasteiger partial charge in [-0.15, -0.1) is 11.6 Å². The van der Waals surface area contributed by atoms with Crippen molar-refractivity contribution in [2.24, 2.45) is 0 Å². The Labute approximate surface area is 106 Å². The molecule has 0 spiro atoms. The number of halogens is 2. The normalized spacial score (nSPS) is 15.4. The molecule has 1 nitrogen and oxygen atoms in total. The quantitative estimate of drug-likeness (QED) is 0.576. The van der Waals surface area contributed by atoms with Gasteiger partial charge in [0.05, 0.1) is 17.5 Å². The Hall–Kier alpha value is -1.20. The highest BCUT2D eigenvalue weighted by atomic mass is 35.5. The Morgan fingerprint density at radius 1 is 1.35 bits per heavy atom. The molecule has 1 aliphatic rings. The molecule has 0 aliphatic heterocycles. The summed E-state index contributed by atoms with van der Waals surface area (Å²) in [4.78, 5) is 0. The van der Waals surface area contributed by atoms with Crippen LogP contribution < -0.4 is 4.74 Å². The molecule has 2 rings (SSSR count). The number of hydrogen-bond donors (Lipinski definition) is 0. The van der Waals surface area contributed by atoms with Crippen LogP contribution in [0.4, 0.5) is 4.39 Å². The predicted molar refractivity (Wildman–Crippen MR) is 66.9 cm³/mol.